The molecule has 0 radical (unpaired) electrons. The maximum atomic E-state index is 4.71. The first-order valence-electron chi connectivity index (χ1n) is 7.97. The van der Waals surface area contributed by atoms with Gasteiger partial charge in [0.15, 0.2) is 5.65 Å². The first-order chi connectivity index (χ1) is 10.1. The van der Waals surface area contributed by atoms with E-state index in [1.165, 1.54) is 19.3 Å². The van der Waals surface area contributed by atoms with Gasteiger partial charge >= 0.3 is 0 Å². The van der Waals surface area contributed by atoms with Crippen molar-refractivity contribution in [2.75, 3.05) is 18.0 Å². The van der Waals surface area contributed by atoms with Gasteiger partial charge in [0.25, 0.3) is 0 Å². The monoisotopic (exact) mass is 287 g/mol. The van der Waals surface area contributed by atoms with Gasteiger partial charge in [0.1, 0.15) is 0 Å². The number of nitrogens with one attached hydrogen (secondary N) is 1. The minimum atomic E-state index is 0.395. The van der Waals surface area contributed by atoms with Gasteiger partial charge in [-0.15, -0.1) is 5.10 Å². The van der Waals surface area contributed by atoms with E-state index in [0.717, 1.165) is 30.4 Å². The number of fused-ring (bicyclic) bond motifs is 1. The fourth-order valence-corrected chi connectivity index (χ4v) is 2.99. The van der Waals surface area contributed by atoms with E-state index in [-0.39, 0.29) is 0 Å². The average Bonchev–Trinajstić information content (AvgIpc) is 2.91. The third kappa shape index (κ3) is 3.02. The fourth-order valence-electron chi connectivity index (χ4n) is 2.99. The zero-order chi connectivity index (χ0) is 14.8. The molecular weight excluding hydrogens is 262 g/mol. The normalized spacial score (nSPS) is 19.3. The van der Waals surface area contributed by atoms with Gasteiger partial charge in [-0.3, -0.25) is 0 Å². The Labute approximate surface area is 126 Å². The Morgan fingerprint density at radius 3 is 2.90 bits per heavy atom. The number of hydrogen-bond acceptors (Lipinski definition) is 4. The van der Waals surface area contributed by atoms with Crippen molar-refractivity contribution in [2.24, 2.45) is 0 Å². The van der Waals surface area contributed by atoms with Crippen molar-refractivity contribution >= 4 is 11.6 Å². The molecule has 0 aliphatic carbocycles. The summed E-state index contributed by atoms with van der Waals surface area (Å²) in [4.78, 5) is 7.03. The molecule has 1 N–H and O–H groups in total. The Hall–Kier alpha value is -1.62. The van der Waals surface area contributed by atoms with E-state index in [1.807, 2.05) is 16.6 Å². The van der Waals surface area contributed by atoms with Gasteiger partial charge in [0, 0.05) is 24.3 Å². The molecule has 1 fully saturated rings. The van der Waals surface area contributed by atoms with E-state index in [1.54, 1.807) is 0 Å². The van der Waals surface area contributed by atoms with Crippen molar-refractivity contribution in [1.29, 1.82) is 0 Å². The van der Waals surface area contributed by atoms with Crippen LogP contribution in [0, 0.1) is 6.92 Å². The van der Waals surface area contributed by atoms with Crippen LogP contribution in [0.4, 0.5) is 5.95 Å². The number of anilines is 1. The number of nitrogens with zero attached hydrogens (tertiary/aromatic N) is 4. The third-order valence-electron chi connectivity index (χ3n) is 4.25. The summed E-state index contributed by atoms with van der Waals surface area (Å²) in [7, 11) is 0. The standard InChI is InChI=1S/C16H25N5/c1-12(2)20(11-14-8-4-5-10-17-14)16-18-15-9-6-7-13(3)21(15)19-16/h6-7,9,12,14,17H,4-5,8,10-11H2,1-3H3. The Morgan fingerprint density at radius 2 is 2.24 bits per heavy atom. The number of hydrogen-bond donors (Lipinski definition) is 1. The van der Waals surface area contributed by atoms with Gasteiger partial charge in [-0.05, 0) is 52.3 Å². The second-order valence-corrected chi connectivity index (χ2v) is 6.24. The van der Waals surface area contributed by atoms with Crippen LogP contribution in [-0.2, 0) is 0 Å². The largest absolute Gasteiger partial charge is 0.336 e. The molecule has 2 aromatic rings. The fraction of sp³-hybridized carbons (Fsp3) is 0.625. The number of pyridine rings is 1. The minimum absolute atomic E-state index is 0.395. The van der Waals surface area contributed by atoms with E-state index in [9.17, 15) is 0 Å². The second-order valence-electron chi connectivity index (χ2n) is 6.24. The number of piperidine rings is 1. The zero-order valence-electron chi connectivity index (χ0n) is 13.2. The van der Waals surface area contributed by atoms with E-state index in [4.69, 9.17) is 10.1 Å². The maximum absolute atomic E-state index is 4.71. The SMILES string of the molecule is Cc1cccc2nc(N(CC3CCCCN3)C(C)C)nn12. The quantitative estimate of drug-likeness (QED) is 0.938. The van der Waals surface area contributed by atoms with Gasteiger partial charge in [-0.2, -0.15) is 4.98 Å². The van der Waals surface area contributed by atoms with Crippen molar-refractivity contribution in [2.45, 2.75) is 52.1 Å². The molecule has 1 aliphatic rings. The Kier molecular flexibility index (Phi) is 4.10. The molecule has 3 rings (SSSR count). The van der Waals surface area contributed by atoms with Gasteiger partial charge in [0.05, 0.1) is 0 Å². The van der Waals surface area contributed by atoms with Gasteiger partial charge in [-0.1, -0.05) is 12.5 Å². The van der Waals surface area contributed by atoms with Gasteiger partial charge in [-0.25, -0.2) is 4.52 Å². The van der Waals surface area contributed by atoms with Crippen molar-refractivity contribution in [3.05, 3.63) is 23.9 Å². The lowest BCUT2D eigenvalue weighted by Crippen LogP contribution is -2.46. The van der Waals surface area contributed by atoms with Crippen LogP contribution in [0.3, 0.4) is 0 Å². The summed E-state index contributed by atoms with van der Waals surface area (Å²) in [6.07, 6.45) is 3.86. The molecule has 0 amide bonds. The molecule has 0 aromatic carbocycles. The lowest BCUT2D eigenvalue weighted by Gasteiger charge is -2.32. The van der Waals surface area contributed by atoms with Crippen LogP contribution in [0.5, 0.6) is 0 Å². The predicted molar refractivity (Wildman–Crippen MR) is 85.8 cm³/mol. The van der Waals surface area contributed by atoms with Crippen molar-refractivity contribution in [3.63, 3.8) is 0 Å². The molecule has 5 heteroatoms. The number of aryl methyl sites for hydroxylation is 1. The molecule has 0 bridgehead atoms. The third-order valence-corrected chi connectivity index (χ3v) is 4.25. The lowest BCUT2D eigenvalue weighted by atomic mass is 10.0. The maximum Gasteiger partial charge on any atom is 0.245 e. The predicted octanol–water partition coefficient (Wildman–Crippen LogP) is 2.39. The first-order valence-corrected chi connectivity index (χ1v) is 7.97. The van der Waals surface area contributed by atoms with Crippen LogP contribution in [0.25, 0.3) is 5.65 Å². The molecule has 1 unspecified atom stereocenters. The van der Waals surface area contributed by atoms with Crippen LogP contribution in [-0.4, -0.2) is 39.8 Å². The van der Waals surface area contributed by atoms with Crippen LogP contribution in [0.1, 0.15) is 38.8 Å². The topological polar surface area (TPSA) is 45.5 Å². The van der Waals surface area contributed by atoms with Gasteiger partial charge in [0.2, 0.25) is 5.95 Å². The molecule has 2 aromatic heterocycles. The van der Waals surface area contributed by atoms with Crippen LogP contribution < -0.4 is 10.2 Å². The summed E-state index contributed by atoms with van der Waals surface area (Å²) in [6, 6.07) is 7.06. The smallest absolute Gasteiger partial charge is 0.245 e. The zero-order valence-corrected chi connectivity index (χ0v) is 13.2. The Morgan fingerprint density at radius 1 is 1.38 bits per heavy atom. The second kappa shape index (κ2) is 6.02. The molecule has 0 spiro atoms. The molecule has 1 atom stereocenters. The van der Waals surface area contributed by atoms with Gasteiger partial charge < -0.3 is 10.2 Å². The summed E-state index contributed by atoms with van der Waals surface area (Å²) in [5.74, 6) is 0.840. The molecular formula is C16H25N5. The average molecular weight is 287 g/mol. The number of aromatic nitrogens is 3. The highest BCUT2D eigenvalue weighted by atomic mass is 15.4. The summed E-state index contributed by atoms with van der Waals surface area (Å²) < 4.78 is 1.93. The molecule has 5 nitrogen and oxygen atoms in total. The molecule has 3 heterocycles. The molecule has 1 aliphatic heterocycles. The molecule has 114 valence electrons. The highest BCUT2D eigenvalue weighted by Gasteiger charge is 2.22. The van der Waals surface area contributed by atoms with E-state index < -0.39 is 0 Å². The molecule has 21 heavy (non-hydrogen) atoms. The summed E-state index contributed by atoms with van der Waals surface area (Å²) in [5, 5.41) is 8.32. The first kappa shape index (κ1) is 14.3. The summed E-state index contributed by atoms with van der Waals surface area (Å²) in [5.41, 5.74) is 2.04. The van der Waals surface area contributed by atoms with Crippen LogP contribution in [0.2, 0.25) is 0 Å². The Bertz CT molecular complexity index is 598. The highest BCUT2D eigenvalue weighted by Crippen LogP contribution is 2.17. The Balaban J connectivity index is 1.86. The van der Waals surface area contributed by atoms with Crippen LogP contribution >= 0.6 is 0 Å². The minimum Gasteiger partial charge on any atom is -0.336 e. The molecule has 1 saturated heterocycles. The van der Waals surface area contributed by atoms with E-state index in [2.05, 4.69) is 37.1 Å². The van der Waals surface area contributed by atoms with Crippen molar-refractivity contribution < 1.29 is 0 Å². The lowest BCUT2D eigenvalue weighted by molar-refractivity contribution is 0.391. The molecule has 0 saturated carbocycles. The van der Waals surface area contributed by atoms with E-state index >= 15 is 0 Å². The highest BCUT2D eigenvalue weighted by molar-refractivity contribution is 5.46. The summed E-state index contributed by atoms with van der Waals surface area (Å²) in [6.45, 7) is 8.60. The number of rotatable bonds is 4. The van der Waals surface area contributed by atoms with Crippen molar-refractivity contribution in [1.82, 2.24) is 19.9 Å². The van der Waals surface area contributed by atoms with E-state index in [0.29, 0.717) is 12.1 Å². The van der Waals surface area contributed by atoms with Crippen molar-refractivity contribution in [3.8, 4) is 0 Å². The summed E-state index contributed by atoms with van der Waals surface area (Å²) >= 11 is 0. The van der Waals surface area contributed by atoms with Crippen LogP contribution in [0.15, 0.2) is 18.2 Å².